The van der Waals surface area contributed by atoms with Crippen LogP contribution >= 0.6 is 0 Å². The van der Waals surface area contributed by atoms with Gasteiger partial charge in [-0.2, -0.15) is 0 Å². The van der Waals surface area contributed by atoms with Crippen molar-refractivity contribution in [3.05, 3.63) is 35.9 Å². The minimum absolute atomic E-state index is 0.000288. The highest BCUT2D eigenvalue weighted by atomic mass is 16.2. The molecule has 0 spiro atoms. The summed E-state index contributed by atoms with van der Waals surface area (Å²) < 4.78 is 0. The second-order valence-corrected chi connectivity index (χ2v) is 5.15. The predicted molar refractivity (Wildman–Crippen MR) is 76.7 cm³/mol. The molecule has 108 valence electrons. The van der Waals surface area contributed by atoms with E-state index in [1.165, 1.54) is 0 Å². The maximum atomic E-state index is 12.5. The van der Waals surface area contributed by atoms with Crippen molar-refractivity contribution in [1.29, 1.82) is 0 Å². The summed E-state index contributed by atoms with van der Waals surface area (Å²) in [4.78, 5) is 25.5. The molecule has 2 atom stereocenters. The third-order valence-electron chi connectivity index (χ3n) is 3.74. The first-order valence-corrected chi connectivity index (χ1v) is 6.95. The first kappa shape index (κ1) is 14.5. The van der Waals surface area contributed by atoms with Crippen LogP contribution in [0.1, 0.15) is 24.9 Å². The van der Waals surface area contributed by atoms with E-state index in [-0.39, 0.29) is 23.8 Å². The minimum Gasteiger partial charge on any atom is -0.354 e. The first-order valence-electron chi connectivity index (χ1n) is 6.95. The summed E-state index contributed by atoms with van der Waals surface area (Å²) in [6, 6.07) is 9.30. The molecule has 2 amide bonds. The van der Waals surface area contributed by atoms with E-state index < -0.39 is 0 Å². The third kappa shape index (κ3) is 3.36. The van der Waals surface area contributed by atoms with Crippen molar-refractivity contribution in [2.75, 3.05) is 19.6 Å². The first-order chi connectivity index (χ1) is 9.59. The molecule has 1 heterocycles. The molecule has 0 bridgehead atoms. The van der Waals surface area contributed by atoms with Crippen LogP contribution in [0.2, 0.25) is 0 Å². The Kier molecular flexibility index (Phi) is 4.74. The van der Waals surface area contributed by atoms with E-state index in [1.807, 2.05) is 37.3 Å². The molecular formula is C15H21N3O2. The Labute approximate surface area is 119 Å². The molecule has 5 heteroatoms. The topological polar surface area (TPSA) is 75.4 Å². The van der Waals surface area contributed by atoms with Crippen LogP contribution in [-0.4, -0.2) is 36.3 Å². The molecule has 1 aliphatic heterocycles. The van der Waals surface area contributed by atoms with Gasteiger partial charge in [0.15, 0.2) is 0 Å². The fraction of sp³-hybridized carbons (Fsp3) is 0.467. The van der Waals surface area contributed by atoms with E-state index in [2.05, 4.69) is 5.32 Å². The Balaban J connectivity index is 2.02. The van der Waals surface area contributed by atoms with Gasteiger partial charge in [0.25, 0.3) is 0 Å². The maximum Gasteiger partial charge on any atom is 0.227 e. The van der Waals surface area contributed by atoms with Gasteiger partial charge in [-0.05, 0) is 5.56 Å². The number of amides is 2. The zero-order chi connectivity index (χ0) is 14.5. The lowest BCUT2D eigenvalue weighted by molar-refractivity contribution is -0.135. The van der Waals surface area contributed by atoms with Crippen molar-refractivity contribution in [3.8, 4) is 0 Å². The average molecular weight is 275 g/mol. The summed E-state index contributed by atoms with van der Waals surface area (Å²) in [6.07, 6.45) is 0.360. The van der Waals surface area contributed by atoms with Gasteiger partial charge < -0.3 is 16.0 Å². The average Bonchev–Trinajstić information content (AvgIpc) is 2.70. The summed E-state index contributed by atoms with van der Waals surface area (Å²) in [5.74, 6) is -0.288. The molecule has 3 N–H and O–H groups in total. The molecular weight excluding hydrogens is 254 g/mol. The summed E-state index contributed by atoms with van der Waals surface area (Å²) in [5, 5.41) is 2.77. The van der Waals surface area contributed by atoms with Gasteiger partial charge in [0.1, 0.15) is 0 Å². The van der Waals surface area contributed by atoms with E-state index in [9.17, 15) is 9.59 Å². The quantitative estimate of drug-likeness (QED) is 0.851. The Morgan fingerprint density at radius 3 is 2.70 bits per heavy atom. The Bertz CT molecular complexity index is 475. The van der Waals surface area contributed by atoms with Gasteiger partial charge in [-0.15, -0.1) is 0 Å². The molecule has 0 aliphatic carbocycles. The SMILES string of the molecule is CC(C(=O)N1CCNC(=O)CC1)C(N)c1ccccc1. The second-order valence-electron chi connectivity index (χ2n) is 5.15. The van der Waals surface area contributed by atoms with E-state index in [0.29, 0.717) is 26.1 Å². The van der Waals surface area contributed by atoms with Gasteiger partial charge in [0.2, 0.25) is 11.8 Å². The zero-order valence-electron chi connectivity index (χ0n) is 11.7. The number of carbonyl (C=O) groups excluding carboxylic acids is 2. The number of carbonyl (C=O) groups is 2. The van der Waals surface area contributed by atoms with Crippen LogP contribution in [0, 0.1) is 5.92 Å². The van der Waals surface area contributed by atoms with E-state index >= 15 is 0 Å². The molecule has 2 rings (SSSR count). The molecule has 5 nitrogen and oxygen atoms in total. The Morgan fingerprint density at radius 1 is 1.30 bits per heavy atom. The molecule has 0 radical (unpaired) electrons. The van der Waals surface area contributed by atoms with Gasteiger partial charge in [-0.25, -0.2) is 0 Å². The van der Waals surface area contributed by atoms with Crippen LogP contribution in [-0.2, 0) is 9.59 Å². The van der Waals surface area contributed by atoms with E-state index in [4.69, 9.17) is 5.73 Å². The molecule has 1 aliphatic rings. The van der Waals surface area contributed by atoms with Gasteiger partial charge >= 0.3 is 0 Å². The Hall–Kier alpha value is -1.88. The third-order valence-corrected chi connectivity index (χ3v) is 3.74. The molecule has 1 saturated heterocycles. The molecule has 0 saturated carbocycles. The lowest BCUT2D eigenvalue weighted by Crippen LogP contribution is -2.41. The Morgan fingerprint density at radius 2 is 2.00 bits per heavy atom. The summed E-state index contributed by atoms with van der Waals surface area (Å²) in [5.41, 5.74) is 7.14. The van der Waals surface area contributed by atoms with Gasteiger partial charge in [-0.3, -0.25) is 9.59 Å². The van der Waals surface area contributed by atoms with Crippen LogP contribution in [0.25, 0.3) is 0 Å². The fourth-order valence-electron chi connectivity index (χ4n) is 2.39. The van der Waals surface area contributed by atoms with Crippen LogP contribution in [0.5, 0.6) is 0 Å². The van der Waals surface area contributed by atoms with Crippen LogP contribution in [0.4, 0.5) is 0 Å². The molecule has 1 aromatic rings. The lowest BCUT2D eigenvalue weighted by atomic mass is 9.94. The number of rotatable bonds is 3. The zero-order valence-corrected chi connectivity index (χ0v) is 11.7. The fourth-order valence-corrected chi connectivity index (χ4v) is 2.39. The van der Waals surface area contributed by atoms with Gasteiger partial charge in [-0.1, -0.05) is 37.3 Å². The number of hydrogen-bond donors (Lipinski definition) is 2. The molecule has 1 fully saturated rings. The largest absolute Gasteiger partial charge is 0.354 e. The highest BCUT2D eigenvalue weighted by molar-refractivity contribution is 5.82. The standard InChI is InChI=1S/C15H21N3O2/c1-11(14(16)12-5-3-2-4-6-12)15(20)18-9-7-13(19)17-8-10-18/h2-6,11,14H,7-10,16H2,1H3,(H,17,19). The second kappa shape index (κ2) is 6.52. The number of nitrogens with zero attached hydrogens (tertiary/aromatic N) is 1. The maximum absolute atomic E-state index is 12.5. The van der Waals surface area contributed by atoms with Crippen molar-refractivity contribution in [3.63, 3.8) is 0 Å². The van der Waals surface area contributed by atoms with Gasteiger partial charge in [0, 0.05) is 32.1 Å². The molecule has 2 unspecified atom stereocenters. The van der Waals surface area contributed by atoms with Gasteiger partial charge in [0.05, 0.1) is 5.92 Å². The van der Waals surface area contributed by atoms with Crippen molar-refractivity contribution in [2.24, 2.45) is 11.7 Å². The van der Waals surface area contributed by atoms with Crippen LogP contribution in [0.15, 0.2) is 30.3 Å². The number of benzene rings is 1. The molecule has 1 aromatic carbocycles. The normalized spacial score (nSPS) is 18.9. The highest BCUT2D eigenvalue weighted by Gasteiger charge is 2.27. The summed E-state index contributed by atoms with van der Waals surface area (Å²) in [6.45, 7) is 3.38. The monoisotopic (exact) mass is 275 g/mol. The van der Waals surface area contributed by atoms with E-state index in [1.54, 1.807) is 4.90 Å². The van der Waals surface area contributed by atoms with Crippen LogP contribution in [0.3, 0.4) is 0 Å². The number of nitrogens with two attached hydrogens (primary N) is 1. The van der Waals surface area contributed by atoms with Crippen molar-refractivity contribution < 1.29 is 9.59 Å². The lowest BCUT2D eigenvalue weighted by Gasteiger charge is -2.27. The van der Waals surface area contributed by atoms with E-state index in [0.717, 1.165) is 5.56 Å². The number of nitrogens with one attached hydrogen (secondary N) is 1. The molecule has 20 heavy (non-hydrogen) atoms. The smallest absolute Gasteiger partial charge is 0.227 e. The molecule has 0 aromatic heterocycles. The highest BCUT2D eigenvalue weighted by Crippen LogP contribution is 2.21. The number of hydrogen-bond acceptors (Lipinski definition) is 3. The summed E-state index contributed by atoms with van der Waals surface area (Å²) in [7, 11) is 0. The summed E-state index contributed by atoms with van der Waals surface area (Å²) >= 11 is 0. The predicted octanol–water partition coefficient (Wildman–Crippen LogP) is 0.671. The van der Waals surface area contributed by atoms with Crippen molar-refractivity contribution >= 4 is 11.8 Å². The van der Waals surface area contributed by atoms with Crippen molar-refractivity contribution in [1.82, 2.24) is 10.2 Å². The van der Waals surface area contributed by atoms with Crippen molar-refractivity contribution in [2.45, 2.75) is 19.4 Å². The minimum atomic E-state index is -0.324. The van der Waals surface area contributed by atoms with Crippen LogP contribution < -0.4 is 11.1 Å².